The van der Waals surface area contributed by atoms with Gasteiger partial charge in [0.2, 0.25) is 0 Å². The molecule has 0 radical (unpaired) electrons. The summed E-state index contributed by atoms with van der Waals surface area (Å²) >= 11 is 0. The minimum atomic E-state index is -2.16. The number of benzene rings is 8. The Labute approximate surface area is 310 Å². The lowest BCUT2D eigenvalue weighted by molar-refractivity contribution is 1.08. The molecule has 2 heterocycles. The molecule has 0 aliphatic carbocycles. The Hall–Kier alpha value is -6.49. The summed E-state index contributed by atoms with van der Waals surface area (Å²) < 4.78 is 0. The van der Waals surface area contributed by atoms with Gasteiger partial charge in [0, 0.05) is 16.7 Å². The summed E-state index contributed by atoms with van der Waals surface area (Å²) in [6.07, 6.45) is 0. The Morgan fingerprint density at radius 2 is 0.906 bits per heavy atom. The van der Waals surface area contributed by atoms with Crippen LogP contribution in [-0.4, -0.2) is 23.0 Å². The largest absolute Gasteiger partial charge is 0.208 e. The van der Waals surface area contributed by atoms with E-state index >= 15 is 0 Å². The van der Waals surface area contributed by atoms with Crippen molar-refractivity contribution < 1.29 is 0 Å². The van der Waals surface area contributed by atoms with Crippen LogP contribution in [0.15, 0.2) is 176 Å². The molecule has 4 heteroatoms. The first-order valence-corrected chi connectivity index (χ1v) is 21.2. The van der Waals surface area contributed by atoms with Crippen molar-refractivity contribution in [1.82, 2.24) is 15.0 Å². The first-order valence-electron chi connectivity index (χ1n) is 18.2. The Bertz CT molecular complexity index is 2860. The maximum atomic E-state index is 5.40. The predicted octanol–water partition coefficient (Wildman–Crippen LogP) is 11.3. The molecule has 1 aliphatic heterocycles. The van der Waals surface area contributed by atoms with Crippen LogP contribution in [0, 0.1) is 0 Å². The number of rotatable bonds is 5. The number of hydrogen-bond acceptors (Lipinski definition) is 3. The van der Waals surface area contributed by atoms with Crippen molar-refractivity contribution in [2.75, 3.05) is 0 Å². The fraction of sp³-hybridized carbons (Fsp3) is 0.0408. The van der Waals surface area contributed by atoms with Crippen molar-refractivity contribution in [3.8, 4) is 67.5 Å². The second-order valence-electron chi connectivity index (χ2n) is 14.4. The quantitative estimate of drug-likeness (QED) is 0.168. The molecule has 0 fully saturated rings. The van der Waals surface area contributed by atoms with Gasteiger partial charge in [-0.05, 0) is 77.4 Å². The molecule has 0 saturated carbocycles. The summed E-state index contributed by atoms with van der Waals surface area (Å²) in [5, 5.41) is 7.71. The van der Waals surface area contributed by atoms with E-state index in [9.17, 15) is 0 Å². The van der Waals surface area contributed by atoms with Crippen LogP contribution in [-0.2, 0) is 0 Å². The van der Waals surface area contributed by atoms with Gasteiger partial charge >= 0.3 is 0 Å². The van der Waals surface area contributed by atoms with Gasteiger partial charge in [-0.2, -0.15) is 0 Å². The minimum absolute atomic E-state index is 0.664. The zero-order valence-electron chi connectivity index (χ0n) is 29.6. The van der Waals surface area contributed by atoms with E-state index in [1.807, 2.05) is 0 Å². The summed E-state index contributed by atoms with van der Waals surface area (Å²) in [5.41, 5.74) is 10.4. The van der Waals surface area contributed by atoms with Crippen LogP contribution >= 0.6 is 0 Å². The molecule has 10 rings (SSSR count). The molecule has 0 atom stereocenters. The molecule has 1 aromatic heterocycles. The number of fused-ring (bicyclic) bond motifs is 6. The Kier molecular flexibility index (Phi) is 7.27. The van der Waals surface area contributed by atoms with Crippen molar-refractivity contribution in [3.05, 3.63) is 176 Å². The topological polar surface area (TPSA) is 38.7 Å². The Balaban J connectivity index is 1.23. The SMILES string of the molecule is C[Si]1(C)c2ccc3ccccc3c2-c2cccc(-c3nc(-c4cccc(-c5ccccc5)c4)nc(-c4ccc(-c5ccccc5)c5ccccc45)n3)c21. The van der Waals surface area contributed by atoms with E-state index in [-0.39, 0.29) is 0 Å². The van der Waals surface area contributed by atoms with Crippen LogP contribution in [0.3, 0.4) is 0 Å². The molecule has 9 aromatic rings. The highest BCUT2D eigenvalue weighted by molar-refractivity contribution is 7.04. The van der Waals surface area contributed by atoms with E-state index in [1.165, 1.54) is 48.8 Å². The normalized spacial score (nSPS) is 12.9. The van der Waals surface area contributed by atoms with Crippen LogP contribution in [0.2, 0.25) is 13.1 Å². The zero-order chi connectivity index (χ0) is 35.5. The van der Waals surface area contributed by atoms with Crippen molar-refractivity contribution in [2.45, 2.75) is 13.1 Å². The second kappa shape index (κ2) is 12.3. The molecule has 3 nitrogen and oxygen atoms in total. The monoisotopic (exact) mass is 693 g/mol. The highest BCUT2D eigenvalue weighted by atomic mass is 28.3. The van der Waals surface area contributed by atoms with Crippen LogP contribution in [0.4, 0.5) is 0 Å². The van der Waals surface area contributed by atoms with E-state index in [0.29, 0.717) is 17.5 Å². The maximum Gasteiger partial charge on any atom is 0.164 e. The van der Waals surface area contributed by atoms with Crippen LogP contribution in [0.1, 0.15) is 0 Å². The van der Waals surface area contributed by atoms with Crippen LogP contribution in [0.5, 0.6) is 0 Å². The molecule has 53 heavy (non-hydrogen) atoms. The standard InChI is InChI=1S/C49H35N3Si/c1-53(2)44-30-27-34-19-9-10-22-38(34)45(44)42-25-14-26-43(46(42)53)49-51-47(36-21-13-20-35(31-36)32-15-5-3-6-16-32)50-48(52-49)41-29-28-37(33-17-7-4-8-18-33)39-23-11-12-24-40(39)41/h3-31H,1-2H3. The molecule has 0 amide bonds. The van der Waals surface area contributed by atoms with Gasteiger partial charge < -0.3 is 0 Å². The van der Waals surface area contributed by atoms with Gasteiger partial charge in [-0.25, -0.2) is 15.0 Å². The average molecular weight is 694 g/mol. The van der Waals surface area contributed by atoms with Crippen molar-refractivity contribution in [1.29, 1.82) is 0 Å². The highest BCUT2D eigenvalue weighted by Gasteiger charge is 2.40. The molecule has 250 valence electrons. The van der Waals surface area contributed by atoms with E-state index in [2.05, 4.69) is 189 Å². The van der Waals surface area contributed by atoms with E-state index in [4.69, 9.17) is 15.0 Å². The maximum absolute atomic E-state index is 5.40. The summed E-state index contributed by atoms with van der Waals surface area (Å²) in [6.45, 7) is 4.94. The molecular formula is C49H35N3Si. The van der Waals surface area contributed by atoms with Crippen LogP contribution in [0.25, 0.3) is 89.1 Å². The molecular weight excluding hydrogens is 659 g/mol. The molecule has 0 N–H and O–H groups in total. The zero-order valence-corrected chi connectivity index (χ0v) is 30.6. The van der Waals surface area contributed by atoms with Crippen LogP contribution < -0.4 is 10.4 Å². The second-order valence-corrected chi connectivity index (χ2v) is 18.7. The first kappa shape index (κ1) is 31.3. The third-order valence-corrected chi connectivity index (χ3v) is 14.5. The Morgan fingerprint density at radius 3 is 1.68 bits per heavy atom. The molecule has 0 spiro atoms. The number of nitrogens with zero attached hydrogens (tertiary/aromatic N) is 3. The summed E-state index contributed by atoms with van der Waals surface area (Å²) in [4.78, 5) is 16.0. The molecule has 0 saturated heterocycles. The summed E-state index contributed by atoms with van der Waals surface area (Å²) in [5.74, 6) is 2.04. The summed E-state index contributed by atoms with van der Waals surface area (Å²) in [6, 6.07) is 62.8. The van der Waals surface area contributed by atoms with Gasteiger partial charge in [0.05, 0.1) is 0 Å². The van der Waals surface area contributed by atoms with Gasteiger partial charge in [0.25, 0.3) is 0 Å². The molecule has 0 unspecified atom stereocenters. The average Bonchev–Trinajstić information content (AvgIpc) is 3.47. The van der Waals surface area contributed by atoms with Crippen molar-refractivity contribution >= 4 is 40.0 Å². The lowest BCUT2D eigenvalue weighted by Crippen LogP contribution is -2.50. The third-order valence-electron chi connectivity index (χ3n) is 10.9. The number of aromatic nitrogens is 3. The predicted molar refractivity (Wildman–Crippen MR) is 224 cm³/mol. The summed E-state index contributed by atoms with van der Waals surface area (Å²) in [7, 11) is -2.16. The molecule has 8 aromatic carbocycles. The molecule has 0 bridgehead atoms. The van der Waals surface area contributed by atoms with Gasteiger partial charge in [-0.1, -0.05) is 177 Å². The minimum Gasteiger partial charge on any atom is -0.208 e. The fourth-order valence-electron chi connectivity index (χ4n) is 8.42. The first-order chi connectivity index (χ1) is 26.0. The third kappa shape index (κ3) is 5.14. The van der Waals surface area contributed by atoms with E-state index < -0.39 is 8.07 Å². The smallest absolute Gasteiger partial charge is 0.164 e. The van der Waals surface area contributed by atoms with E-state index in [0.717, 1.165) is 33.2 Å². The highest BCUT2D eigenvalue weighted by Crippen LogP contribution is 2.39. The van der Waals surface area contributed by atoms with Gasteiger partial charge in [0.1, 0.15) is 8.07 Å². The lowest BCUT2D eigenvalue weighted by Gasteiger charge is -2.22. The van der Waals surface area contributed by atoms with Gasteiger partial charge in [-0.3, -0.25) is 0 Å². The molecule has 1 aliphatic rings. The van der Waals surface area contributed by atoms with Crippen molar-refractivity contribution in [2.24, 2.45) is 0 Å². The fourth-order valence-corrected chi connectivity index (χ4v) is 11.8. The lowest BCUT2D eigenvalue weighted by atomic mass is 9.94. The Morgan fingerprint density at radius 1 is 0.358 bits per heavy atom. The van der Waals surface area contributed by atoms with Gasteiger partial charge in [0.15, 0.2) is 17.5 Å². The van der Waals surface area contributed by atoms with Crippen molar-refractivity contribution in [3.63, 3.8) is 0 Å². The van der Waals surface area contributed by atoms with E-state index in [1.54, 1.807) is 0 Å². The van der Waals surface area contributed by atoms with Gasteiger partial charge in [-0.15, -0.1) is 0 Å². The number of hydrogen-bond donors (Lipinski definition) is 0.